The highest BCUT2D eigenvalue weighted by molar-refractivity contribution is 7.80. The Morgan fingerprint density at radius 1 is 1.00 bits per heavy atom. The van der Waals surface area contributed by atoms with Crippen molar-refractivity contribution < 1.29 is 9.47 Å². The number of thiocarbonyl (C=S) groups is 1. The first kappa shape index (κ1) is 18.3. The Morgan fingerprint density at radius 2 is 1.62 bits per heavy atom. The summed E-state index contributed by atoms with van der Waals surface area (Å²) in [6, 6.07) is 15.8. The summed E-state index contributed by atoms with van der Waals surface area (Å²) in [5.41, 5.74) is 7.94. The molecule has 2 N–H and O–H groups in total. The largest absolute Gasteiger partial charge is 0.490 e. The molecule has 0 atom stereocenters. The standard InChI is InChI=1S/C20H25NO2S/c1-4-20(2,3)15-9-11-16(12-10-15)22-13-14-23-18-8-6-5-7-17(18)19(21)24/h5-12H,4,13-14H2,1-3H3,(H2,21,24). The van der Waals surface area contributed by atoms with Crippen LogP contribution in [0.2, 0.25) is 0 Å². The van der Waals surface area contributed by atoms with Crippen LogP contribution in [0.5, 0.6) is 11.5 Å². The molecule has 0 saturated heterocycles. The molecule has 0 aromatic heterocycles. The van der Waals surface area contributed by atoms with Crippen molar-refractivity contribution in [2.45, 2.75) is 32.6 Å². The van der Waals surface area contributed by atoms with Crippen LogP contribution in [0.15, 0.2) is 48.5 Å². The molecule has 2 aromatic carbocycles. The van der Waals surface area contributed by atoms with Gasteiger partial charge in [0.15, 0.2) is 0 Å². The zero-order valence-electron chi connectivity index (χ0n) is 14.5. The Balaban J connectivity index is 1.86. The van der Waals surface area contributed by atoms with Gasteiger partial charge in [-0.2, -0.15) is 0 Å². The van der Waals surface area contributed by atoms with Gasteiger partial charge >= 0.3 is 0 Å². The van der Waals surface area contributed by atoms with E-state index < -0.39 is 0 Å². The summed E-state index contributed by atoms with van der Waals surface area (Å²) < 4.78 is 11.5. The summed E-state index contributed by atoms with van der Waals surface area (Å²) in [7, 11) is 0. The third-order valence-electron chi connectivity index (χ3n) is 4.28. The minimum atomic E-state index is 0.187. The molecule has 128 valence electrons. The van der Waals surface area contributed by atoms with Crippen molar-refractivity contribution in [3.05, 3.63) is 59.7 Å². The van der Waals surface area contributed by atoms with E-state index in [0.717, 1.165) is 17.7 Å². The van der Waals surface area contributed by atoms with Crippen molar-refractivity contribution in [2.24, 2.45) is 5.73 Å². The lowest BCUT2D eigenvalue weighted by atomic mass is 9.82. The van der Waals surface area contributed by atoms with Crippen molar-refractivity contribution >= 4 is 17.2 Å². The normalized spacial score (nSPS) is 11.1. The maximum Gasteiger partial charge on any atom is 0.129 e. The van der Waals surface area contributed by atoms with Crippen molar-refractivity contribution in [2.75, 3.05) is 13.2 Å². The molecule has 24 heavy (non-hydrogen) atoms. The molecule has 3 nitrogen and oxygen atoms in total. The summed E-state index contributed by atoms with van der Waals surface area (Å²) in [5.74, 6) is 1.53. The highest BCUT2D eigenvalue weighted by atomic mass is 32.1. The number of para-hydroxylation sites is 1. The first-order chi connectivity index (χ1) is 11.4. The molecule has 2 aromatic rings. The first-order valence-electron chi connectivity index (χ1n) is 8.19. The van der Waals surface area contributed by atoms with E-state index in [1.165, 1.54) is 5.56 Å². The molecule has 0 saturated carbocycles. The van der Waals surface area contributed by atoms with Crippen LogP contribution in [0.3, 0.4) is 0 Å². The topological polar surface area (TPSA) is 44.5 Å². The van der Waals surface area contributed by atoms with Gasteiger partial charge in [-0.05, 0) is 41.7 Å². The van der Waals surface area contributed by atoms with Crippen molar-refractivity contribution in [3.63, 3.8) is 0 Å². The number of rotatable bonds is 8. The Bertz CT molecular complexity index is 680. The minimum absolute atomic E-state index is 0.187. The number of benzene rings is 2. The molecule has 0 aliphatic carbocycles. The maximum absolute atomic E-state index is 5.74. The molecule has 0 aliphatic heterocycles. The molecular formula is C20H25NO2S. The number of ether oxygens (including phenoxy) is 2. The lowest BCUT2D eigenvalue weighted by molar-refractivity contribution is 0.217. The third kappa shape index (κ3) is 4.71. The lowest BCUT2D eigenvalue weighted by Gasteiger charge is -2.23. The van der Waals surface area contributed by atoms with Gasteiger partial charge in [-0.15, -0.1) is 0 Å². The van der Waals surface area contributed by atoms with Gasteiger partial charge in [0.25, 0.3) is 0 Å². The summed E-state index contributed by atoms with van der Waals surface area (Å²) in [6.45, 7) is 7.59. The Labute approximate surface area is 149 Å². The van der Waals surface area contributed by atoms with Crippen LogP contribution in [0.1, 0.15) is 38.3 Å². The van der Waals surface area contributed by atoms with Gasteiger partial charge in [-0.25, -0.2) is 0 Å². The predicted octanol–water partition coefficient (Wildman–Crippen LogP) is 4.47. The fourth-order valence-corrected chi connectivity index (χ4v) is 2.48. The van der Waals surface area contributed by atoms with Gasteiger partial charge in [0.05, 0.1) is 5.56 Å². The van der Waals surface area contributed by atoms with Crippen LogP contribution in [-0.2, 0) is 5.41 Å². The lowest BCUT2D eigenvalue weighted by Crippen LogP contribution is -2.15. The van der Waals surface area contributed by atoms with Gasteiger partial charge in [-0.3, -0.25) is 0 Å². The van der Waals surface area contributed by atoms with Crippen LogP contribution in [-0.4, -0.2) is 18.2 Å². The van der Waals surface area contributed by atoms with Crippen molar-refractivity contribution in [3.8, 4) is 11.5 Å². The maximum atomic E-state index is 5.74. The van der Waals surface area contributed by atoms with Gasteiger partial charge in [-0.1, -0.05) is 57.3 Å². The molecule has 0 radical (unpaired) electrons. The molecule has 4 heteroatoms. The van der Waals surface area contributed by atoms with Gasteiger partial charge in [0, 0.05) is 0 Å². The smallest absolute Gasteiger partial charge is 0.129 e. The van der Waals surface area contributed by atoms with Crippen LogP contribution in [0.25, 0.3) is 0 Å². The second-order valence-electron chi connectivity index (χ2n) is 6.32. The van der Waals surface area contributed by atoms with Crippen LogP contribution >= 0.6 is 12.2 Å². The third-order valence-corrected chi connectivity index (χ3v) is 4.50. The Hall–Kier alpha value is -2.07. The summed E-state index contributed by atoms with van der Waals surface area (Å²) in [6.07, 6.45) is 1.10. The van der Waals surface area contributed by atoms with Crippen LogP contribution in [0, 0.1) is 0 Å². The van der Waals surface area contributed by atoms with E-state index >= 15 is 0 Å². The summed E-state index contributed by atoms with van der Waals surface area (Å²) in [5, 5.41) is 0. The molecule has 0 bridgehead atoms. The molecule has 0 spiro atoms. The second kappa shape index (κ2) is 8.15. The van der Waals surface area contributed by atoms with E-state index in [1.807, 2.05) is 36.4 Å². The van der Waals surface area contributed by atoms with Gasteiger partial charge in [0.1, 0.15) is 29.7 Å². The first-order valence-corrected chi connectivity index (χ1v) is 8.60. The number of nitrogens with two attached hydrogens (primary N) is 1. The molecule has 0 amide bonds. The average molecular weight is 343 g/mol. The zero-order valence-corrected chi connectivity index (χ0v) is 15.4. The SMILES string of the molecule is CCC(C)(C)c1ccc(OCCOc2ccccc2C(N)=S)cc1. The van der Waals surface area contributed by atoms with E-state index in [-0.39, 0.29) is 5.41 Å². The number of hydrogen-bond acceptors (Lipinski definition) is 3. The Morgan fingerprint density at radius 3 is 2.25 bits per heavy atom. The van der Waals surface area contributed by atoms with Crippen LogP contribution in [0.4, 0.5) is 0 Å². The van der Waals surface area contributed by atoms with Crippen LogP contribution < -0.4 is 15.2 Å². The van der Waals surface area contributed by atoms with Crippen molar-refractivity contribution in [1.29, 1.82) is 0 Å². The van der Waals surface area contributed by atoms with E-state index in [2.05, 4.69) is 32.9 Å². The van der Waals surface area contributed by atoms with Gasteiger partial charge < -0.3 is 15.2 Å². The quantitative estimate of drug-likeness (QED) is 0.567. The minimum Gasteiger partial charge on any atom is -0.490 e. The van der Waals surface area contributed by atoms with E-state index in [4.69, 9.17) is 27.4 Å². The number of hydrogen-bond donors (Lipinski definition) is 1. The van der Waals surface area contributed by atoms with Crippen molar-refractivity contribution in [1.82, 2.24) is 0 Å². The highest BCUT2D eigenvalue weighted by Crippen LogP contribution is 2.28. The fraction of sp³-hybridized carbons (Fsp3) is 0.350. The molecule has 0 heterocycles. The summed E-state index contributed by atoms with van der Waals surface area (Å²) >= 11 is 5.02. The zero-order chi connectivity index (χ0) is 17.6. The highest BCUT2D eigenvalue weighted by Gasteiger charge is 2.17. The van der Waals surface area contributed by atoms with E-state index in [1.54, 1.807) is 0 Å². The predicted molar refractivity (Wildman–Crippen MR) is 103 cm³/mol. The fourth-order valence-electron chi connectivity index (χ4n) is 2.31. The average Bonchev–Trinajstić information content (AvgIpc) is 2.59. The second-order valence-corrected chi connectivity index (χ2v) is 6.76. The van der Waals surface area contributed by atoms with E-state index in [0.29, 0.717) is 24.0 Å². The molecule has 0 unspecified atom stereocenters. The molecule has 0 aliphatic rings. The summed E-state index contributed by atoms with van der Waals surface area (Å²) in [4.78, 5) is 0.334. The van der Waals surface area contributed by atoms with E-state index in [9.17, 15) is 0 Å². The Kier molecular flexibility index (Phi) is 6.21. The van der Waals surface area contributed by atoms with Gasteiger partial charge in [0.2, 0.25) is 0 Å². The monoisotopic (exact) mass is 343 g/mol. The molecule has 2 rings (SSSR count). The molecular weight excluding hydrogens is 318 g/mol. The molecule has 0 fully saturated rings.